The van der Waals surface area contributed by atoms with E-state index in [9.17, 15) is 8.42 Å². The molecule has 0 spiro atoms. The average molecular weight is 559 g/mol. The Morgan fingerprint density at radius 2 is 1.85 bits per heavy atom. The molecule has 0 aromatic carbocycles. The first-order valence-electron chi connectivity index (χ1n) is 13.3. The van der Waals surface area contributed by atoms with Gasteiger partial charge in [0.05, 0.1) is 30.6 Å². The average Bonchev–Trinajstić information content (AvgIpc) is 3.34. The van der Waals surface area contributed by atoms with Gasteiger partial charge in [0.25, 0.3) is 0 Å². The predicted octanol–water partition coefficient (Wildman–Crippen LogP) is 4.05. The van der Waals surface area contributed by atoms with E-state index in [0.29, 0.717) is 35.7 Å². The summed E-state index contributed by atoms with van der Waals surface area (Å²) >= 11 is 0. The molecule has 4 rings (SSSR count). The van der Waals surface area contributed by atoms with Crippen LogP contribution in [0.5, 0.6) is 5.88 Å². The molecule has 4 atom stereocenters. The van der Waals surface area contributed by atoms with Crippen LogP contribution in [0.4, 0.5) is 0 Å². The third kappa shape index (κ3) is 6.79. The second-order valence-electron chi connectivity index (χ2n) is 10.3. The summed E-state index contributed by atoms with van der Waals surface area (Å²) in [6.07, 6.45) is 5.06. The fraction of sp³-hybridized carbons (Fsp3) is 0.593. The summed E-state index contributed by atoms with van der Waals surface area (Å²) in [5, 5.41) is 7.83. The quantitative estimate of drug-likeness (QED) is 0.340. The minimum Gasteiger partial charge on any atom is -0.481 e. The zero-order valence-electron chi connectivity index (χ0n) is 23.4. The Hall–Kier alpha value is -2.96. The lowest BCUT2D eigenvalue weighted by molar-refractivity contribution is -0.0125. The Morgan fingerprint density at radius 1 is 1.10 bits per heavy atom. The van der Waals surface area contributed by atoms with Crippen LogP contribution in [-0.4, -0.2) is 69.3 Å². The van der Waals surface area contributed by atoms with Crippen LogP contribution in [0, 0.1) is 6.92 Å². The Labute approximate surface area is 230 Å². The van der Waals surface area contributed by atoms with Crippen LogP contribution in [-0.2, 0) is 25.1 Å². The number of aryl methyl sites for hydroxylation is 1. The zero-order valence-corrected chi connectivity index (χ0v) is 24.3. The van der Waals surface area contributed by atoms with E-state index in [1.165, 1.54) is 0 Å². The van der Waals surface area contributed by atoms with E-state index in [1.807, 2.05) is 38.3 Å². The number of methoxy groups -OCH3 is 1. The van der Waals surface area contributed by atoms with Gasteiger partial charge in [-0.2, -0.15) is 0 Å². The first-order valence-corrected chi connectivity index (χ1v) is 15.0. The first kappa shape index (κ1) is 29.0. The van der Waals surface area contributed by atoms with Crippen LogP contribution in [0.1, 0.15) is 76.3 Å². The van der Waals surface area contributed by atoms with Gasteiger partial charge in [-0.15, -0.1) is 10.2 Å². The highest BCUT2D eigenvalue weighted by atomic mass is 32.2. The molecule has 39 heavy (non-hydrogen) atoms. The number of aromatic nitrogens is 6. The molecule has 1 aliphatic heterocycles. The van der Waals surface area contributed by atoms with Crippen LogP contribution in [0.25, 0.3) is 11.5 Å². The van der Waals surface area contributed by atoms with Gasteiger partial charge >= 0.3 is 0 Å². The number of sulfone groups is 1. The van der Waals surface area contributed by atoms with Crippen molar-refractivity contribution in [3.05, 3.63) is 47.8 Å². The highest BCUT2D eigenvalue weighted by Crippen LogP contribution is 2.32. The number of rotatable bonds is 11. The molecule has 0 amide bonds. The van der Waals surface area contributed by atoms with E-state index in [1.54, 1.807) is 38.6 Å². The zero-order chi connectivity index (χ0) is 28.2. The lowest BCUT2D eigenvalue weighted by Gasteiger charge is -2.30. The van der Waals surface area contributed by atoms with Crippen molar-refractivity contribution in [2.45, 2.75) is 89.2 Å². The maximum Gasteiger partial charge on any atom is 0.213 e. The van der Waals surface area contributed by atoms with Crippen molar-refractivity contribution in [1.29, 1.82) is 0 Å². The molecule has 1 saturated heterocycles. The van der Waals surface area contributed by atoms with Crippen molar-refractivity contribution in [3.63, 3.8) is 0 Å². The summed E-state index contributed by atoms with van der Waals surface area (Å²) in [6, 6.07) is 5.15. The Balaban J connectivity index is 1.72. The SMILES string of the molecule is COc1cccc(-c2nnc(CS(=O)(=O)[C@@H](C)[C@@H](OC(C)C)c3ncc(C)cn3)n2[C@H](C)[C@@H]2CCCCO2)n1. The summed E-state index contributed by atoms with van der Waals surface area (Å²) in [7, 11) is -2.26. The van der Waals surface area contributed by atoms with Gasteiger partial charge in [0.2, 0.25) is 5.88 Å². The minimum atomic E-state index is -3.80. The van der Waals surface area contributed by atoms with E-state index in [0.717, 1.165) is 24.8 Å². The van der Waals surface area contributed by atoms with Gasteiger partial charge in [0.15, 0.2) is 21.5 Å². The monoisotopic (exact) mass is 558 g/mol. The topological polar surface area (TPSA) is 131 Å². The molecule has 1 fully saturated rings. The summed E-state index contributed by atoms with van der Waals surface area (Å²) in [6.45, 7) is 9.89. The van der Waals surface area contributed by atoms with Gasteiger partial charge in [0.1, 0.15) is 23.4 Å². The number of hydrogen-bond donors (Lipinski definition) is 0. The molecule has 11 nitrogen and oxygen atoms in total. The minimum absolute atomic E-state index is 0.101. The van der Waals surface area contributed by atoms with Crippen LogP contribution in [0.15, 0.2) is 30.6 Å². The molecule has 212 valence electrons. The summed E-state index contributed by atoms with van der Waals surface area (Å²) in [4.78, 5) is 13.3. The second kappa shape index (κ2) is 12.5. The highest BCUT2D eigenvalue weighted by Gasteiger charge is 2.37. The van der Waals surface area contributed by atoms with E-state index in [2.05, 4.69) is 25.1 Å². The molecular formula is C27H38N6O5S. The van der Waals surface area contributed by atoms with E-state index in [4.69, 9.17) is 14.2 Å². The molecule has 0 saturated carbocycles. The Kier molecular flexibility index (Phi) is 9.29. The maximum absolute atomic E-state index is 13.9. The van der Waals surface area contributed by atoms with Gasteiger partial charge in [0, 0.05) is 25.1 Å². The Morgan fingerprint density at radius 3 is 2.49 bits per heavy atom. The van der Waals surface area contributed by atoms with Crippen molar-refractivity contribution in [1.82, 2.24) is 29.7 Å². The van der Waals surface area contributed by atoms with Gasteiger partial charge in [-0.25, -0.2) is 23.4 Å². The van der Waals surface area contributed by atoms with Crippen LogP contribution in [0.2, 0.25) is 0 Å². The van der Waals surface area contributed by atoms with E-state index < -0.39 is 21.2 Å². The summed E-state index contributed by atoms with van der Waals surface area (Å²) < 4.78 is 47.0. The number of ether oxygens (including phenoxy) is 3. The standard InChI is InChI=1S/C27H38N6O5S/c1-17(2)38-25(26-28-14-18(3)15-29-26)20(5)39(34,35)16-23-31-32-27(21-10-9-12-24(30-21)36-6)33(23)19(4)22-11-7-8-13-37-22/h9-10,12,14-15,17,19-20,22,25H,7-8,11,13,16H2,1-6H3/t19-,20+,22+,25-/m1/s1. The van der Waals surface area contributed by atoms with Crippen molar-refractivity contribution in [2.75, 3.05) is 13.7 Å². The summed E-state index contributed by atoms with van der Waals surface area (Å²) in [5.41, 5.74) is 1.42. The molecule has 1 aliphatic rings. The van der Waals surface area contributed by atoms with Gasteiger partial charge in [-0.05, 0) is 65.5 Å². The van der Waals surface area contributed by atoms with E-state index >= 15 is 0 Å². The van der Waals surface area contributed by atoms with Crippen molar-refractivity contribution in [2.24, 2.45) is 0 Å². The molecule has 3 aromatic rings. The molecule has 0 radical (unpaired) electrons. The molecular weight excluding hydrogens is 520 g/mol. The van der Waals surface area contributed by atoms with Crippen LogP contribution in [0.3, 0.4) is 0 Å². The largest absolute Gasteiger partial charge is 0.481 e. The third-order valence-corrected chi connectivity index (χ3v) is 8.93. The fourth-order valence-corrected chi connectivity index (χ4v) is 6.10. The molecule has 12 heteroatoms. The smallest absolute Gasteiger partial charge is 0.213 e. The number of nitrogens with zero attached hydrogens (tertiary/aromatic N) is 6. The maximum atomic E-state index is 13.9. The molecule has 0 unspecified atom stereocenters. The van der Waals surface area contributed by atoms with Gasteiger partial charge in [-0.1, -0.05) is 6.07 Å². The third-order valence-electron chi connectivity index (χ3n) is 6.89. The van der Waals surface area contributed by atoms with Crippen molar-refractivity contribution < 1.29 is 22.6 Å². The van der Waals surface area contributed by atoms with Crippen molar-refractivity contribution >= 4 is 9.84 Å². The molecule has 4 heterocycles. The van der Waals surface area contributed by atoms with Crippen molar-refractivity contribution in [3.8, 4) is 17.4 Å². The molecule has 0 N–H and O–H groups in total. The molecule has 0 bridgehead atoms. The lowest BCUT2D eigenvalue weighted by Crippen LogP contribution is -2.33. The normalized spacial score (nSPS) is 18.6. The van der Waals surface area contributed by atoms with Gasteiger partial charge in [-0.3, -0.25) is 0 Å². The summed E-state index contributed by atoms with van der Waals surface area (Å²) in [5.74, 6) is 1.20. The first-order chi connectivity index (χ1) is 18.6. The fourth-order valence-electron chi connectivity index (χ4n) is 4.71. The second-order valence-corrected chi connectivity index (χ2v) is 12.6. The van der Waals surface area contributed by atoms with Crippen LogP contribution < -0.4 is 4.74 Å². The lowest BCUT2D eigenvalue weighted by atomic mass is 10.0. The van der Waals surface area contributed by atoms with E-state index in [-0.39, 0.29) is 24.0 Å². The molecule has 0 aliphatic carbocycles. The number of pyridine rings is 1. The predicted molar refractivity (Wildman–Crippen MR) is 146 cm³/mol. The highest BCUT2D eigenvalue weighted by molar-refractivity contribution is 7.91. The Bertz CT molecular complexity index is 1340. The van der Waals surface area contributed by atoms with Gasteiger partial charge < -0.3 is 18.8 Å². The number of hydrogen-bond acceptors (Lipinski definition) is 10. The van der Waals surface area contributed by atoms with Crippen LogP contribution >= 0.6 is 0 Å². The molecule has 3 aromatic heterocycles.